The van der Waals surface area contributed by atoms with Gasteiger partial charge in [0.25, 0.3) is 0 Å². The molecule has 0 heterocycles. The summed E-state index contributed by atoms with van der Waals surface area (Å²) in [4.78, 5) is 18.4. The maximum absolute atomic E-state index is 12.1. The number of halogens is 1. The number of benzene rings is 2. The lowest BCUT2D eigenvalue weighted by atomic mass is 10.2. The summed E-state index contributed by atoms with van der Waals surface area (Å²) in [5.74, 6) is 0.652. The van der Waals surface area contributed by atoms with Crippen LogP contribution in [-0.4, -0.2) is 37.4 Å². The fourth-order valence-corrected chi connectivity index (χ4v) is 2.82. The van der Waals surface area contributed by atoms with Gasteiger partial charge in [0, 0.05) is 33.6 Å². The van der Waals surface area contributed by atoms with E-state index in [0.717, 1.165) is 18.1 Å². The van der Waals surface area contributed by atoms with Gasteiger partial charge < -0.3 is 15.5 Å². The Kier molecular flexibility index (Phi) is 7.48. The van der Waals surface area contributed by atoms with Gasteiger partial charge in [-0.05, 0) is 30.2 Å². The Bertz CT molecular complexity index is 762. The summed E-state index contributed by atoms with van der Waals surface area (Å²) < 4.78 is 0. The van der Waals surface area contributed by atoms with Crippen molar-refractivity contribution in [3.05, 3.63) is 64.7 Å². The van der Waals surface area contributed by atoms with Gasteiger partial charge in [0.15, 0.2) is 5.96 Å². The lowest BCUT2D eigenvalue weighted by Gasteiger charge is -2.22. The van der Waals surface area contributed by atoms with Crippen molar-refractivity contribution in [3.63, 3.8) is 0 Å². The lowest BCUT2D eigenvalue weighted by molar-refractivity contribution is -0.116. The van der Waals surface area contributed by atoms with Crippen LogP contribution in [0.2, 0.25) is 5.02 Å². The molecular weight excluding hydrogens is 348 g/mol. The van der Waals surface area contributed by atoms with Crippen LogP contribution in [0.5, 0.6) is 0 Å². The molecule has 0 aliphatic carbocycles. The van der Waals surface area contributed by atoms with Crippen LogP contribution in [0.4, 0.5) is 5.69 Å². The number of hydrogen-bond donors (Lipinski definition) is 2. The molecule has 0 radical (unpaired) electrons. The van der Waals surface area contributed by atoms with Gasteiger partial charge in [0.1, 0.15) is 0 Å². The zero-order valence-electron chi connectivity index (χ0n) is 15.4. The molecule has 0 saturated carbocycles. The lowest BCUT2D eigenvalue weighted by Crippen LogP contribution is -2.39. The minimum Gasteiger partial charge on any atom is -0.356 e. The Morgan fingerprint density at radius 2 is 1.92 bits per heavy atom. The Balaban J connectivity index is 1.80. The predicted octanol–water partition coefficient (Wildman–Crippen LogP) is 3.68. The number of carbonyl (C=O) groups excluding carboxylic acids is 1. The van der Waals surface area contributed by atoms with Gasteiger partial charge in [-0.15, -0.1) is 0 Å². The summed E-state index contributed by atoms with van der Waals surface area (Å²) in [5, 5.41) is 6.59. The van der Waals surface area contributed by atoms with Crippen molar-refractivity contribution < 1.29 is 4.79 Å². The molecule has 6 heteroatoms. The molecule has 0 aliphatic heterocycles. The molecule has 0 atom stereocenters. The van der Waals surface area contributed by atoms with E-state index < -0.39 is 0 Å². The maximum atomic E-state index is 12.1. The molecule has 2 aromatic rings. The first-order chi connectivity index (χ1) is 12.5. The van der Waals surface area contributed by atoms with Gasteiger partial charge >= 0.3 is 0 Å². The number of anilines is 1. The van der Waals surface area contributed by atoms with Crippen LogP contribution in [0.15, 0.2) is 53.5 Å². The molecule has 0 aliphatic rings. The van der Waals surface area contributed by atoms with Crippen molar-refractivity contribution in [2.45, 2.75) is 19.9 Å². The van der Waals surface area contributed by atoms with E-state index in [1.165, 1.54) is 5.56 Å². The third kappa shape index (κ3) is 6.08. The number of rotatable bonds is 6. The van der Waals surface area contributed by atoms with Crippen molar-refractivity contribution in [2.75, 3.05) is 26.0 Å². The quantitative estimate of drug-likeness (QED) is 0.600. The van der Waals surface area contributed by atoms with Crippen LogP contribution in [0.3, 0.4) is 0 Å². The first kappa shape index (κ1) is 19.8. The number of nitrogens with zero attached hydrogens (tertiary/aromatic N) is 2. The number of guanidine groups is 1. The van der Waals surface area contributed by atoms with Gasteiger partial charge in [-0.2, -0.15) is 0 Å². The highest BCUT2D eigenvalue weighted by Crippen LogP contribution is 2.22. The molecule has 0 aromatic heterocycles. The van der Waals surface area contributed by atoms with E-state index in [1.54, 1.807) is 7.05 Å². The monoisotopic (exact) mass is 372 g/mol. The van der Waals surface area contributed by atoms with Gasteiger partial charge in [0.2, 0.25) is 5.91 Å². The highest BCUT2D eigenvalue weighted by Gasteiger charge is 2.09. The van der Waals surface area contributed by atoms with Gasteiger partial charge in [0.05, 0.1) is 10.7 Å². The summed E-state index contributed by atoms with van der Waals surface area (Å²) in [6.45, 7) is 3.19. The third-order valence-corrected chi connectivity index (χ3v) is 4.18. The van der Waals surface area contributed by atoms with Crippen molar-refractivity contribution >= 4 is 29.2 Å². The molecule has 0 saturated heterocycles. The van der Waals surface area contributed by atoms with Crippen LogP contribution in [0, 0.1) is 6.92 Å². The number of nitrogens with one attached hydrogen (secondary N) is 2. The molecule has 2 rings (SSSR count). The molecule has 138 valence electrons. The molecule has 2 aromatic carbocycles. The van der Waals surface area contributed by atoms with E-state index in [-0.39, 0.29) is 5.91 Å². The number of carbonyl (C=O) groups is 1. The summed E-state index contributed by atoms with van der Waals surface area (Å²) in [7, 11) is 3.70. The summed E-state index contributed by atoms with van der Waals surface area (Å²) >= 11 is 6.14. The smallest absolute Gasteiger partial charge is 0.226 e. The number of amides is 1. The standard InChI is InChI=1S/C20H25ClN4O/c1-15-9-10-18(17(21)13-15)24-19(26)11-12-23-20(22-2)25(3)14-16-7-5-4-6-8-16/h4-10,13H,11-12,14H2,1-3H3,(H,22,23)(H,24,26). The Hall–Kier alpha value is -2.53. The molecule has 0 fully saturated rings. The van der Waals surface area contributed by atoms with Crippen LogP contribution in [0.25, 0.3) is 0 Å². The van der Waals surface area contributed by atoms with Crippen LogP contribution in [-0.2, 0) is 11.3 Å². The normalized spacial score (nSPS) is 11.2. The number of aliphatic imine (C=N–C) groups is 1. The number of hydrogen-bond acceptors (Lipinski definition) is 2. The van der Waals surface area contributed by atoms with E-state index in [0.29, 0.717) is 23.7 Å². The fourth-order valence-electron chi connectivity index (χ4n) is 2.54. The minimum atomic E-state index is -0.0931. The zero-order valence-corrected chi connectivity index (χ0v) is 16.2. The van der Waals surface area contributed by atoms with E-state index in [4.69, 9.17) is 11.6 Å². The average Bonchev–Trinajstić information content (AvgIpc) is 2.62. The van der Waals surface area contributed by atoms with Crippen LogP contribution < -0.4 is 10.6 Å². The van der Waals surface area contributed by atoms with Gasteiger partial charge in [-0.3, -0.25) is 9.79 Å². The molecule has 5 nitrogen and oxygen atoms in total. The van der Waals surface area contributed by atoms with E-state index >= 15 is 0 Å². The number of aryl methyl sites for hydroxylation is 1. The van der Waals surface area contributed by atoms with Crippen molar-refractivity contribution in [1.82, 2.24) is 10.2 Å². The molecule has 1 amide bonds. The molecule has 26 heavy (non-hydrogen) atoms. The second-order valence-corrected chi connectivity index (χ2v) is 6.50. The first-order valence-corrected chi connectivity index (χ1v) is 8.89. The van der Waals surface area contributed by atoms with Crippen molar-refractivity contribution in [3.8, 4) is 0 Å². The average molecular weight is 373 g/mol. The maximum Gasteiger partial charge on any atom is 0.226 e. The van der Waals surface area contributed by atoms with Gasteiger partial charge in [-0.1, -0.05) is 48.0 Å². The fraction of sp³-hybridized carbons (Fsp3) is 0.300. The Morgan fingerprint density at radius 1 is 1.19 bits per heavy atom. The minimum absolute atomic E-state index is 0.0931. The summed E-state index contributed by atoms with van der Waals surface area (Å²) in [5.41, 5.74) is 2.89. The summed E-state index contributed by atoms with van der Waals surface area (Å²) in [6, 6.07) is 15.7. The van der Waals surface area contributed by atoms with E-state index in [2.05, 4.69) is 27.8 Å². The predicted molar refractivity (Wildman–Crippen MR) is 109 cm³/mol. The molecule has 0 bridgehead atoms. The van der Waals surface area contributed by atoms with Crippen LogP contribution >= 0.6 is 11.6 Å². The molecule has 2 N–H and O–H groups in total. The molecule has 0 spiro atoms. The molecule has 0 unspecified atom stereocenters. The first-order valence-electron chi connectivity index (χ1n) is 8.51. The van der Waals surface area contributed by atoms with Crippen molar-refractivity contribution in [2.24, 2.45) is 4.99 Å². The van der Waals surface area contributed by atoms with E-state index in [9.17, 15) is 4.79 Å². The highest BCUT2D eigenvalue weighted by atomic mass is 35.5. The Morgan fingerprint density at radius 3 is 2.58 bits per heavy atom. The topological polar surface area (TPSA) is 56.7 Å². The third-order valence-electron chi connectivity index (χ3n) is 3.87. The van der Waals surface area contributed by atoms with Gasteiger partial charge in [-0.25, -0.2) is 0 Å². The Labute approximate surface area is 160 Å². The second-order valence-electron chi connectivity index (χ2n) is 6.10. The van der Waals surface area contributed by atoms with Crippen LogP contribution in [0.1, 0.15) is 17.5 Å². The second kappa shape index (κ2) is 9.82. The molecular formula is C20H25ClN4O. The zero-order chi connectivity index (χ0) is 18.9. The SMILES string of the molecule is CN=C(NCCC(=O)Nc1ccc(C)cc1Cl)N(C)Cc1ccccc1. The highest BCUT2D eigenvalue weighted by molar-refractivity contribution is 6.33. The van der Waals surface area contributed by atoms with E-state index in [1.807, 2.05) is 55.3 Å². The van der Waals surface area contributed by atoms with Crippen molar-refractivity contribution in [1.29, 1.82) is 0 Å². The summed E-state index contributed by atoms with van der Waals surface area (Å²) in [6.07, 6.45) is 0.322. The largest absolute Gasteiger partial charge is 0.356 e.